The van der Waals surface area contributed by atoms with Crippen LogP contribution >= 0.6 is 0 Å². The summed E-state index contributed by atoms with van der Waals surface area (Å²) in [5, 5.41) is 35.9. The van der Waals surface area contributed by atoms with Gasteiger partial charge in [-0.15, -0.1) is 0 Å². The summed E-state index contributed by atoms with van der Waals surface area (Å²) < 4.78 is 13.6. The fourth-order valence-electron chi connectivity index (χ4n) is 1.36. The number of rotatable bonds is 4. The summed E-state index contributed by atoms with van der Waals surface area (Å²) in [6.07, 6.45) is -3.47. The number of aliphatic hydroxyl groups is 2. The van der Waals surface area contributed by atoms with E-state index < -0.39 is 29.6 Å². The Hall–Kier alpha value is -1.97. The number of aromatic carboxylic acids is 1. The molecule has 1 aromatic rings. The topological polar surface area (TPSA) is 102 Å². The maximum absolute atomic E-state index is 13.6. The zero-order valence-corrected chi connectivity index (χ0v) is 8.67. The van der Waals surface area contributed by atoms with E-state index in [9.17, 15) is 19.4 Å². The van der Waals surface area contributed by atoms with Crippen LogP contribution < -0.4 is 0 Å². The van der Waals surface area contributed by atoms with Crippen LogP contribution in [0.1, 0.15) is 28.4 Å². The van der Waals surface area contributed by atoms with E-state index >= 15 is 0 Å². The van der Waals surface area contributed by atoms with E-state index in [2.05, 4.69) is 0 Å². The van der Waals surface area contributed by atoms with Gasteiger partial charge in [0.05, 0.1) is 24.2 Å². The van der Waals surface area contributed by atoms with Gasteiger partial charge in [0.15, 0.2) is 0 Å². The van der Waals surface area contributed by atoms with E-state index in [1.807, 2.05) is 0 Å². The monoisotopic (exact) mass is 239 g/mol. The van der Waals surface area contributed by atoms with Crippen LogP contribution in [0.15, 0.2) is 18.2 Å². The SMILES string of the molecule is N#CCC(O)C(O)c1cccc(C(=O)O)c1F. The third-order valence-electron chi connectivity index (χ3n) is 2.24. The Bertz CT molecular complexity index is 469. The molecule has 5 nitrogen and oxygen atoms in total. The number of hydrogen-bond acceptors (Lipinski definition) is 4. The standard InChI is InChI=1S/C11H10FNO4/c12-9-6(10(15)8(14)4-5-13)2-1-3-7(9)11(16)17/h1-3,8,10,14-15H,4H2,(H,16,17). The Kier molecular flexibility index (Phi) is 4.15. The van der Waals surface area contributed by atoms with Crippen molar-refractivity contribution in [3.05, 3.63) is 35.1 Å². The van der Waals surface area contributed by atoms with E-state index in [0.29, 0.717) is 0 Å². The van der Waals surface area contributed by atoms with E-state index in [1.165, 1.54) is 6.07 Å². The molecule has 0 aliphatic heterocycles. The van der Waals surface area contributed by atoms with Crippen molar-refractivity contribution < 1.29 is 24.5 Å². The van der Waals surface area contributed by atoms with Crippen LogP contribution in [-0.2, 0) is 0 Å². The van der Waals surface area contributed by atoms with Crippen molar-refractivity contribution in [3.8, 4) is 6.07 Å². The first-order valence-electron chi connectivity index (χ1n) is 4.73. The van der Waals surface area contributed by atoms with Gasteiger partial charge < -0.3 is 15.3 Å². The molecule has 0 bridgehead atoms. The summed E-state index contributed by atoms with van der Waals surface area (Å²) >= 11 is 0. The Labute approximate surface area is 96.4 Å². The minimum atomic E-state index is -1.63. The Morgan fingerprint density at radius 1 is 1.47 bits per heavy atom. The minimum absolute atomic E-state index is 0.340. The molecule has 1 aromatic carbocycles. The highest BCUT2D eigenvalue weighted by Crippen LogP contribution is 2.23. The first-order chi connectivity index (χ1) is 7.99. The number of nitriles is 1. The molecule has 0 fully saturated rings. The third-order valence-corrected chi connectivity index (χ3v) is 2.24. The molecule has 0 spiro atoms. The van der Waals surface area contributed by atoms with Gasteiger partial charge in [-0.25, -0.2) is 9.18 Å². The molecule has 0 saturated heterocycles. The van der Waals surface area contributed by atoms with Crippen molar-refractivity contribution in [2.75, 3.05) is 0 Å². The quantitative estimate of drug-likeness (QED) is 0.722. The van der Waals surface area contributed by atoms with Crippen molar-refractivity contribution in [1.29, 1.82) is 5.26 Å². The number of hydrogen-bond donors (Lipinski definition) is 3. The molecule has 2 unspecified atom stereocenters. The summed E-state index contributed by atoms with van der Waals surface area (Å²) in [4.78, 5) is 10.7. The predicted molar refractivity (Wildman–Crippen MR) is 54.6 cm³/mol. The molecule has 2 atom stereocenters. The van der Waals surface area contributed by atoms with Gasteiger partial charge in [0, 0.05) is 5.56 Å². The summed E-state index contributed by atoms with van der Waals surface area (Å²) in [7, 11) is 0. The van der Waals surface area contributed by atoms with Crippen LogP contribution in [0.2, 0.25) is 0 Å². The molecule has 0 saturated carbocycles. The van der Waals surface area contributed by atoms with Gasteiger partial charge in [0.1, 0.15) is 11.9 Å². The van der Waals surface area contributed by atoms with Gasteiger partial charge in [-0.3, -0.25) is 0 Å². The van der Waals surface area contributed by atoms with E-state index in [0.717, 1.165) is 12.1 Å². The van der Waals surface area contributed by atoms with E-state index in [1.54, 1.807) is 6.07 Å². The van der Waals surface area contributed by atoms with E-state index in [-0.39, 0.29) is 12.0 Å². The van der Waals surface area contributed by atoms with Gasteiger partial charge in [-0.1, -0.05) is 12.1 Å². The number of nitrogens with zero attached hydrogens (tertiary/aromatic N) is 1. The predicted octanol–water partition coefficient (Wildman–Crippen LogP) is 0.832. The second kappa shape index (κ2) is 5.39. The van der Waals surface area contributed by atoms with Crippen molar-refractivity contribution in [1.82, 2.24) is 0 Å². The zero-order chi connectivity index (χ0) is 13.0. The molecular formula is C11H10FNO4. The maximum atomic E-state index is 13.6. The lowest BCUT2D eigenvalue weighted by Crippen LogP contribution is -2.19. The molecule has 0 amide bonds. The lowest BCUT2D eigenvalue weighted by Gasteiger charge is -2.16. The normalized spacial score (nSPS) is 13.8. The number of benzene rings is 1. The Morgan fingerprint density at radius 3 is 2.65 bits per heavy atom. The number of carbonyl (C=O) groups is 1. The van der Waals surface area contributed by atoms with Crippen LogP contribution in [0.25, 0.3) is 0 Å². The number of aliphatic hydroxyl groups excluding tert-OH is 2. The van der Waals surface area contributed by atoms with Crippen LogP contribution in [0.4, 0.5) is 4.39 Å². The Morgan fingerprint density at radius 2 is 2.12 bits per heavy atom. The van der Waals surface area contributed by atoms with Crippen LogP contribution in [0.5, 0.6) is 0 Å². The largest absolute Gasteiger partial charge is 0.478 e. The molecule has 3 N–H and O–H groups in total. The highest BCUT2D eigenvalue weighted by atomic mass is 19.1. The molecule has 0 heterocycles. The van der Waals surface area contributed by atoms with Crippen LogP contribution in [0, 0.1) is 17.1 Å². The minimum Gasteiger partial charge on any atom is -0.478 e. The average molecular weight is 239 g/mol. The van der Waals surface area contributed by atoms with Gasteiger partial charge in [0.25, 0.3) is 0 Å². The summed E-state index contributed by atoms with van der Waals surface area (Å²) in [5.41, 5.74) is -0.932. The summed E-state index contributed by atoms with van der Waals surface area (Å²) in [6, 6.07) is 5.09. The second-order valence-electron chi connectivity index (χ2n) is 3.39. The smallest absolute Gasteiger partial charge is 0.338 e. The second-order valence-corrected chi connectivity index (χ2v) is 3.39. The highest BCUT2D eigenvalue weighted by molar-refractivity contribution is 5.88. The van der Waals surface area contributed by atoms with Gasteiger partial charge in [0.2, 0.25) is 0 Å². The number of halogens is 1. The number of carboxylic acids is 1. The number of carboxylic acid groups (broad SMARTS) is 1. The summed E-state index contributed by atoms with van der Waals surface area (Å²) in [5.74, 6) is -2.57. The van der Waals surface area contributed by atoms with Crippen molar-refractivity contribution in [3.63, 3.8) is 0 Å². The fraction of sp³-hybridized carbons (Fsp3) is 0.273. The van der Waals surface area contributed by atoms with Crippen molar-refractivity contribution in [2.24, 2.45) is 0 Å². The molecule has 1 rings (SSSR count). The maximum Gasteiger partial charge on any atom is 0.338 e. The molecule has 0 radical (unpaired) electrons. The first-order valence-corrected chi connectivity index (χ1v) is 4.73. The van der Waals surface area contributed by atoms with Crippen LogP contribution in [-0.4, -0.2) is 27.4 Å². The van der Waals surface area contributed by atoms with Gasteiger partial charge in [-0.2, -0.15) is 5.26 Å². The summed E-state index contributed by atoms with van der Waals surface area (Å²) in [6.45, 7) is 0. The highest BCUT2D eigenvalue weighted by Gasteiger charge is 2.24. The lowest BCUT2D eigenvalue weighted by molar-refractivity contribution is 0.0193. The third kappa shape index (κ3) is 2.78. The average Bonchev–Trinajstić information content (AvgIpc) is 2.28. The zero-order valence-electron chi connectivity index (χ0n) is 8.67. The van der Waals surface area contributed by atoms with Gasteiger partial charge >= 0.3 is 5.97 Å². The Balaban J connectivity index is 3.11. The molecular weight excluding hydrogens is 229 g/mol. The lowest BCUT2D eigenvalue weighted by atomic mass is 9.99. The fourth-order valence-corrected chi connectivity index (χ4v) is 1.36. The van der Waals surface area contributed by atoms with E-state index in [4.69, 9.17) is 10.4 Å². The van der Waals surface area contributed by atoms with Crippen molar-refractivity contribution >= 4 is 5.97 Å². The van der Waals surface area contributed by atoms with Crippen molar-refractivity contribution in [2.45, 2.75) is 18.6 Å². The molecule has 6 heteroatoms. The molecule has 17 heavy (non-hydrogen) atoms. The molecule has 0 aromatic heterocycles. The van der Waals surface area contributed by atoms with Gasteiger partial charge in [-0.05, 0) is 6.07 Å². The first kappa shape index (κ1) is 13.1. The molecule has 0 aliphatic rings. The van der Waals surface area contributed by atoms with Crippen LogP contribution in [0.3, 0.4) is 0 Å². The molecule has 0 aliphatic carbocycles. The molecule has 90 valence electrons.